The number of hydrogen-bond acceptors (Lipinski definition) is 4. The first-order chi connectivity index (χ1) is 8.11. The van der Waals surface area contributed by atoms with E-state index in [-0.39, 0.29) is 18.7 Å². The first kappa shape index (κ1) is 12.1. The van der Waals surface area contributed by atoms with Crippen molar-refractivity contribution in [1.82, 2.24) is 4.90 Å². The number of rotatable bonds is 4. The summed E-state index contributed by atoms with van der Waals surface area (Å²) in [7, 11) is 1.91. The van der Waals surface area contributed by atoms with Crippen LogP contribution in [0.4, 0.5) is 0 Å². The summed E-state index contributed by atoms with van der Waals surface area (Å²) in [6.07, 6.45) is 1.62. The quantitative estimate of drug-likeness (QED) is 0.859. The summed E-state index contributed by atoms with van der Waals surface area (Å²) in [4.78, 5) is 13.1. The zero-order valence-corrected chi connectivity index (χ0v) is 10.00. The maximum atomic E-state index is 11.1. The van der Waals surface area contributed by atoms with Crippen LogP contribution in [0.25, 0.3) is 0 Å². The molecule has 1 N–H and O–H groups in total. The Hall–Kier alpha value is -1.33. The fourth-order valence-corrected chi connectivity index (χ4v) is 2.20. The van der Waals surface area contributed by atoms with Crippen LogP contribution in [0.15, 0.2) is 22.8 Å². The van der Waals surface area contributed by atoms with E-state index >= 15 is 0 Å². The molecule has 0 bridgehead atoms. The third-order valence-corrected chi connectivity index (χ3v) is 3.46. The van der Waals surface area contributed by atoms with Gasteiger partial charge in [0.2, 0.25) is 0 Å². The average molecular weight is 239 g/mol. The zero-order valence-electron chi connectivity index (χ0n) is 10.00. The normalized spacial score (nSPS) is 26.3. The van der Waals surface area contributed by atoms with Gasteiger partial charge in [-0.1, -0.05) is 0 Å². The van der Waals surface area contributed by atoms with E-state index in [0.717, 1.165) is 5.76 Å². The van der Waals surface area contributed by atoms with Gasteiger partial charge in [-0.15, -0.1) is 0 Å². The zero-order chi connectivity index (χ0) is 12.4. The number of carbonyl (C=O) groups is 1. The highest BCUT2D eigenvalue weighted by Gasteiger charge is 2.38. The molecule has 0 radical (unpaired) electrons. The minimum absolute atomic E-state index is 0.0403. The number of carboxylic acids is 1. The van der Waals surface area contributed by atoms with Crippen LogP contribution in [0.5, 0.6) is 0 Å². The van der Waals surface area contributed by atoms with Gasteiger partial charge in [-0.2, -0.15) is 0 Å². The van der Waals surface area contributed by atoms with Gasteiger partial charge in [0.05, 0.1) is 31.4 Å². The molecule has 1 fully saturated rings. The summed E-state index contributed by atoms with van der Waals surface area (Å²) in [6.45, 7) is 2.74. The third kappa shape index (κ3) is 2.35. The molecule has 94 valence electrons. The molecular formula is C12H17NO4. The molecule has 0 aliphatic carbocycles. The van der Waals surface area contributed by atoms with Gasteiger partial charge in [-0.05, 0) is 26.1 Å². The van der Waals surface area contributed by atoms with Crippen molar-refractivity contribution < 1.29 is 19.1 Å². The van der Waals surface area contributed by atoms with Crippen molar-refractivity contribution in [1.29, 1.82) is 0 Å². The van der Waals surface area contributed by atoms with Crippen molar-refractivity contribution in [2.75, 3.05) is 20.3 Å². The smallest absolute Gasteiger partial charge is 0.310 e. The Bertz CT molecular complexity index is 376. The van der Waals surface area contributed by atoms with Crippen LogP contribution in [-0.4, -0.2) is 42.3 Å². The van der Waals surface area contributed by atoms with E-state index in [1.165, 1.54) is 0 Å². The van der Waals surface area contributed by atoms with E-state index in [1.54, 1.807) is 6.26 Å². The molecule has 0 amide bonds. The first-order valence-electron chi connectivity index (χ1n) is 5.67. The molecule has 5 heteroatoms. The minimum atomic E-state index is -0.800. The highest BCUT2D eigenvalue weighted by atomic mass is 16.5. The molecule has 1 aromatic rings. The maximum Gasteiger partial charge on any atom is 0.310 e. The molecular weight excluding hydrogens is 222 g/mol. The Morgan fingerprint density at radius 1 is 1.59 bits per heavy atom. The van der Waals surface area contributed by atoms with Crippen molar-refractivity contribution >= 4 is 5.97 Å². The molecule has 3 atom stereocenters. The van der Waals surface area contributed by atoms with Crippen LogP contribution in [0.2, 0.25) is 0 Å². The Kier molecular flexibility index (Phi) is 3.49. The second-order valence-corrected chi connectivity index (χ2v) is 4.41. The molecule has 1 aromatic heterocycles. The fourth-order valence-electron chi connectivity index (χ4n) is 2.20. The van der Waals surface area contributed by atoms with Crippen LogP contribution in [0, 0.1) is 5.92 Å². The monoisotopic (exact) mass is 239 g/mol. The molecule has 5 nitrogen and oxygen atoms in total. The fraction of sp³-hybridized carbons (Fsp3) is 0.583. The molecule has 1 saturated heterocycles. The topological polar surface area (TPSA) is 62.9 Å². The van der Waals surface area contributed by atoms with Gasteiger partial charge < -0.3 is 14.3 Å². The van der Waals surface area contributed by atoms with Crippen molar-refractivity contribution in [3.8, 4) is 0 Å². The Morgan fingerprint density at radius 3 is 2.94 bits per heavy atom. The Morgan fingerprint density at radius 2 is 2.35 bits per heavy atom. The highest BCUT2D eigenvalue weighted by Crippen LogP contribution is 2.27. The van der Waals surface area contributed by atoms with Gasteiger partial charge in [0.15, 0.2) is 0 Å². The van der Waals surface area contributed by atoms with Gasteiger partial charge in [-0.3, -0.25) is 9.69 Å². The lowest BCUT2D eigenvalue weighted by Gasteiger charge is -2.30. The summed E-state index contributed by atoms with van der Waals surface area (Å²) in [6, 6.07) is 3.66. The first-order valence-corrected chi connectivity index (χ1v) is 5.67. The van der Waals surface area contributed by atoms with Crippen molar-refractivity contribution in [2.45, 2.75) is 19.0 Å². The molecule has 17 heavy (non-hydrogen) atoms. The van der Waals surface area contributed by atoms with Gasteiger partial charge in [0, 0.05) is 6.04 Å². The number of ether oxygens (including phenoxy) is 1. The summed E-state index contributed by atoms with van der Waals surface area (Å²) in [5, 5.41) is 9.11. The SMILES string of the molecule is CC(c1ccco1)N(C)C1COCC1C(=O)O. The molecule has 2 heterocycles. The summed E-state index contributed by atoms with van der Waals surface area (Å²) < 4.78 is 10.6. The van der Waals surface area contributed by atoms with Crippen molar-refractivity contribution in [3.63, 3.8) is 0 Å². The number of nitrogens with zero attached hydrogens (tertiary/aromatic N) is 1. The van der Waals surface area contributed by atoms with Gasteiger partial charge in [0.1, 0.15) is 5.76 Å². The highest BCUT2D eigenvalue weighted by molar-refractivity contribution is 5.71. The van der Waals surface area contributed by atoms with Crippen molar-refractivity contribution in [3.05, 3.63) is 24.2 Å². The molecule has 3 unspecified atom stereocenters. The summed E-state index contributed by atoms with van der Waals surface area (Å²) >= 11 is 0. The van der Waals surface area contributed by atoms with Crippen LogP contribution >= 0.6 is 0 Å². The van der Waals surface area contributed by atoms with E-state index < -0.39 is 11.9 Å². The van der Waals surface area contributed by atoms with Crippen LogP contribution in [0.3, 0.4) is 0 Å². The average Bonchev–Trinajstić information content (AvgIpc) is 2.97. The lowest BCUT2D eigenvalue weighted by atomic mass is 10.0. The molecule has 1 aliphatic rings. The Balaban J connectivity index is 2.09. The van der Waals surface area contributed by atoms with E-state index in [9.17, 15) is 4.79 Å². The molecule has 0 saturated carbocycles. The maximum absolute atomic E-state index is 11.1. The second kappa shape index (κ2) is 4.89. The minimum Gasteiger partial charge on any atom is -0.481 e. The number of furan rings is 1. The standard InChI is InChI=1S/C12H17NO4/c1-8(11-4-3-5-17-11)13(2)10-7-16-6-9(10)12(14)15/h3-5,8-10H,6-7H2,1-2H3,(H,14,15). The predicted molar refractivity (Wildman–Crippen MR) is 60.6 cm³/mol. The molecule has 2 rings (SSSR count). The predicted octanol–water partition coefficient (Wildman–Crippen LogP) is 1.37. The number of hydrogen-bond donors (Lipinski definition) is 1. The molecule has 0 aromatic carbocycles. The number of aliphatic carboxylic acids is 1. The lowest BCUT2D eigenvalue weighted by Crippen LogP contribution is -2.41. The largest absolute Gasteiger partial charge is 0.481 e. The van der Waals surface area contributed by atoms with Crippen LogP contribution in [0.1, 0.15) is 18.7 Å². The van der Waals surface area contributed by atoms with E-state index in [1.807, 2.05) is 31.0 Å². The number of carboxylic acid groups (broad SMARTS) is 1. The molecule has 0 spiro atoms. The van der Waals surface area contributed by atoms with E-state index in [4.69, 9.17) is 14.3 Å². The Labute approximate surface area is 100.0 Å². The van der Waals surface area contributed by atoms with Crippen molar-refractivity contribution in [2.24, 2.45) is 5.92 Å². The second-order valence-electron chi connectivity index (χ2n) is 4.41. The van der Waals surface area contributed by atoms with E-state index in [2.05, 4.69) is 0 Å². The lowest BCUT2D eigenvalue weighted by molar-refractivity contribution is -0.143. The van der Waals surface area contributed by atoms with Gasteiger partial charge in [0.25, 0.3) is 0 Å². The van der Waals surface area contributed by atoms with Crippen LogP contribution in [-0.2, 0) is 9.53 Å². The summed E-state index contributed by atoms with van der Waals surface area (Å²) in [5.74, 6) is -0.424. The summed E-state index contributed by atoms with van der Waals surface area (Å²) in [5.41, 5.74) is 0. The third-order valence-electron chi connectivity index (χ3n) is 3.46. The van der Waals surface area contributed by atoms with Crippen LogP contribution < -0.4 is 0 Å². The van der Waals surface area contributed by atoms with Gasteiger partial charge >= 0.3 is 5.97 Å². The van der Waals surface area contributed by atoms with Gasteiger partial charge in [-0.25, -0.2) is 0 Å². The molecule has 1 aliphatic heterocycles. The number of likely N-dealkylation sites (N-methyl/N-ethyl adjacent to an activating group) is 1. The van der Waals surface area contributed by atoms with E-state index in [0.29, 0.717) is 6.61 Å².